The van der Waals surface area contributed by atoms with E-state index in [-0.39, 0.29) is 0 Å². The first-order valence-electron chi connectivity index (χ1n) is 5.12. The van der Waals surface area contributed by atoms with E-state index in [1.54, 1.807) is 6.21 Å². The number of nitrogens with one attached hydrogen (secondary N) is 2. The van der Waals surface area contributed by atoms with Gasteiger partial charge in [0.05, 0.1) is 18.0 Å². The predicted molar refractivity (Wildman–Crippen MR) is 62.3 cm³/mol. The van der Waals surface area contributed by atoms with Crippen molar-refractivity contribution in [2.75, 3.05) is 0 Å². The Morgan fingerprint density at radius 1 is 1.12 bits per heavy atom. The molecule has 1 aliphatic heterocycles. The van der Waals surface area contributed by atoms with Gasteiger partial charge in [0.2, 0.25) is 0 Å². The normalized spacial score (nSPS) is 18.1. The van der Waals surface area contributed by atoms with Crippen LogP contribution < -0.4 is 5.01 Å². The van der Waals surface area contributed by atoms with Gasteiger partial charge in [-0.1, -0.05) is 35.4 Å². The number of nitrogens with zero attached hydrogens (tertiary/aromatic N) is 2. The van der Waals surface area contributed by atoms with Gasteiger partial charge in [-0.15, -0.1) is 5.01 Å². The van der Waals surface area contributed by atoms with E-state index in [4.69, 9.17) is 0 Å². The lowest BCUT2D eigenvalue weighted by atomic mass is 10.1. The zero-order valence-electron chi connectivity index (χ0n) is 8.59. The van der Waals surface area contributed by atoms with E-state index < -0.39 is 0 Å². The smallest absolute Gasteiger partial charge is 0.229 e. The third-order valence-corrected chi connectivity index (χ3v) is 2.53. The van der Waals surface area contributed by atoms with Gasteiger partial charge in [-0.05, 0) is 5.56 Å². The molecular formula is C12H11N4+. The van der Waals surface area contributed by atoms with Gasteiger partial charge in [0.15, 0.2) is 0 Å². The number of allylic oxidation sites excluding steroid dienone is 1. The maximum absolute atomic E-state index is 4.27. The van der Waals surface area contributed by atoms with E-state index in [9.17, 15) is 0 Å². The molecule has 1 atom stereocenters. The molecule has 0 fully saturated rings. The summed E-state index contributed by atoms with van der Waals surface area (Å²) in [5.74, 6) is 0.969. The zero-order chi connectivity index (χ0) is 10.8. The van der Waals surface area contributed by atoms with Gasteiger partial charge in [-0.3, -0.25) is 0 Å². The maximum Gasteiger partial charge on any atom is 0.261 e. The topological polar surface area (TPSA) is 45.5 Å². The fraction of sp³-hybridized carbons (Fsp3) is 0. The monoisotopic (exact) mass is 211 g/mol. The van der Waals surface area contributed by atoms with Gasteiger partial charge in [0, 0.05) is 6.08 Å². The Hall–Kier alpha value is -2.20. The molecule has 2 N–H and O–H groups in total. The molecule has 0 amide bonds. The lowest BCUT2D eigenvalue weighted by Crippen LogP contribution is -2.96. The molecule has 4 nitrogen and oxygen atoms in total. The molecule has 16 heavy (non-hydrogen) atoms. The number of hydrogen-bond donors (Lipinski definition) is 2. The fourth-order valence-corrected chi connectivity index (χ4v) is 1.77. The van der Waals surface area contributed by atoms with E-state index in [2.05, 4.69) is 27.4 Å². The van der Waals surface area contributed by atoms with E-state index in [0.717, 1.165) is 22.0 Å². The molecule has 0 saturated heterocycles. The molecular weight excluding hydrogens is 200 g/mol. The first-order valence-corrected chi connectivity index (χ1v) is 5.12. The van der Waals surface area contributed by atoms with Crippen LogP contribution in [0.15, 0.2) is 53.9 Å². The Balaban J connectivity index is 2.06. The highest BCUT2D eigenvalue weighted by Gasteiger charge is 2.19. The van der Waals surface area contributed by atoms with Gasteiger partial charge < -0.3 is 0 Å². The molecule has 1 unspecified atom stereocenters. The van der Waals surface area contributed by atoms with Crippen molar-refractivity contribution < 1.29 is 5.01 Å². The van der Waals surface area contributed by atoms with E-state index in [0.29, 0.717) is 0 Å². The predicted octanol–water partition coefficient (Wildman–Crippen LogP) is 1.11. The number of rotatable bonds is 2. The maximum atomic E-state index is 4.27. The summed E-state index contributed by atoms with van der Waals surface area (Å²) in [6.07, 6.45) is 7.51. The molecule has 2 aromatic rings. The van der Waals surface area contributed by atoms with Crippen molar-refractivity contribution in [2.24, 2.45) is 5.10 Å². The SMILES string of the molecule is C1=C[NH+](c2[nH]ncc2-c2ccccc2)N=C1. The van der Waals surface area contributed by atoms with Crippen molar-refractivity contribution in [3.8, 4) is 11.1 Å². The molecule has 1 aliphatic rings. The molecule has 1 aromatic heterocycles. The van der Waals surface area contributed by atoms with Crippen LogP contribution in [0.3, 0.4) is 0 Å². The molecule has 0 bridgehead atoms. The lowest BCUT2D eigenvalue weighted by molar-refractivity contribution is -0.781. The van der Waals surface area contributed by atoms with Crippen LogP contribution in [0.2, 0.25) is 0 Å². The summed E-state index contributed by atoms with van der Waals surface area (Å²) in [5.41, 5.74) is 2.23. The minimum absolute atomic E-state index is 0.927. The highest BCUT2D eigenvalue weighted by Crippen LogP contribution is 2.22. The number of hydrogen-bond acceptors (Lipinski definition) is 2. The van der Waals surface area contributed by atoms with E-state index in [1.165, 1.54) is 0 Å². The van der Waals surface area contributed by atoms with Gasteiger partial charge in [0.1, 0.15) is 6.20 Å². The van der Waals surface area contributed by atoms with E-state index in [1.807, 2.05) is 36.7 Å². The van der Waals surface area contributed by atoms with Crippen molar-refractivity contribution in [3.05, 3.63) is 48.8 Å². The largest absolute Gasteiger partial charge is 0.261 e. The Kier molecular flexibility index (Phi) is 2.12. The number of benzene rings is 1. The third-order valence-electron chi connectivity index (χ3n) is 2.53. The van der Waals surface area contributed by atoms with Crippen LogP contribution in [-0.4, -0.2) is 16.4 Å². The first-order chi connectivity index (χ1) is 7.95. The molecule has 3 rings (SSSR count). The second-order valence-electron chi connectivity index (χ2n) is 3.55. The molecule has 0 radical (unpaired) electrons. The Morgan fingerprint density at radius 2 is 2.00 bits per heavy atom. The first kappa shape index (κ1) is 9.06. The summed E-state index contributed by atoms with van der Waals surface area (Å²) in [6.45, 7) is 0. The van der Waals surface area contributed by atoms with Crippen LogP contribution >= 0.6 is 0 Å². The highest BCUT2D eigenvalue weighted by molar-refractivity contribution is 5.73. The summed E-state index contributed by atoms with van der Waals surface area (Å²) in [4.78, 5) is 0. The van der Waals surface area contributed by atoms with Crippen LogP contribution in [-0.2, 0) is 0 Å². The summed E-state index contributed by atoms with van der Waals surface area (Å²) < 4.78 is 0. The Morgan fingerprint density at radius 3 is 2.75 bits per heavy atom. The fourth-order valence-electron chi connectivity index (χ4n) is 1.77. The third kappa shape index (κ3) is 1.45. The molecule has 1 aromatic carbocycles. The summed E-state index contributed by atoms with van der Waals surface area (Å²) in [6, 6.07) is 10.2. The zero-order valence-corrected chi connectivity index (χ0v) is 8.59. The average Bonchev–Trinajstić information content (AvgIpc) is 3.01. The number of quaternary nitrogens is 1. The van der Waals surface area contributed by atoms with E-state index >= 15 is 0 Å². The molecule has 0 saturated carbocycles. The van der Waals surface area contributed by atoms with Crippen molar-refractivity contribution in [2.45, 2.75) is 0 Å². The number of aromatic amines is 1. The lowest BCUT2D eigenvalue weighted by Gasteiger charge is -2.03. The van der Waals surface area contributed by atoms with Gasteiger partial charge in [0.25, 0.3) is 5.82 Å². The van der Waals surface area contributed by atoms with Gasteiger partial charge >= 0.3 is 0 Å². The average molecular weight is 211 g/mol. The van der Waals surface area contributed by atoms with Gasteiger partial charge in [-0.2, -0.15) is 5.10 Å². The van der Waals surface area contributed by atoms with Crippen molar-refractivity contribution in [1.82, 2.24) is 10.2 Å². The summed E-state index contributed by atoms with van der Waals surface area (Å²) >= 11 is 0. The van der Waals surface area contributed by atoms with Crippen LogP contribution in [0.4, 0.5) is 5.82 Å². The Labute approximate surface area is 92.9 Å². The van der Waals surface area contributed by atoms with Crippen LogP contribution in [0.5, 0.6) is 0 Å². The highest BCUT2D eigenvalue weighted by atomic mass is 15.5. The summed E-state index contributed by atoms with van der Waals surface area (Å²) in [5, 5.41) is 12.3. The van der Waals surface area contributed by atoms with Crippen molar-refractivity contribution >= 4 is 12.0 Å². The summed E-state index contributed by atoms with van der Waals surface area (Å²) in [7, 11) is 0. The van der Waals surface area contributed by atoms with Crippen LogP contribution in [0.1, 0.15) is 0 Å². The second-order valence-corrected chi connectivity index (χ2v) is 3.55. The van der Waals surface area contributed by atoms with Crippen molar-refractivity contribution in [1.29, 1.82) is 0 Å². The molecule has 2 heterocycles. The minimum Gasteiger partial charge on any atom is -0.229 e. The molecule has 0 aliphatic carbocycles. The quantitative estimate of drug-likeness (QED) is 0.767. The molecule has 78 valence electrons. The van der Waals surface area contributed by atoms with Gasteiger partial charge in [-0.25, -0.2) is 5.10 Å². The molecule has 0 spiro atoms. The Bertz CT molecular complexity index is 527. The molecule has 4 heteroatoms. The van der Waals surface area contributed by atoms with Crippen molar-refractivity contribution in [3.63, 3.8) is 0 Å². The standard InChI is InChI=1S/C12H10N4/c1-2-5-10(6-3-1)11-9-13-15-12(11)16-8-4-7-14-16/h1-9H,(H,13,15)/p+1. The number of H-pyrrole nitrogens is 1. The van der Waals surface area contributed by atoms with Crippen LogP contribution in [0.25, 0.3) is 11.1 Å². The van der Waals surface area contributed by atoms with Crippen LogP contribution in [0, 0.1) is 0 Å². The number of aromatic nitrogens is 2. The second kappa shape index (κ2) is 3.75. The minimum atomic E-state index is 0.927.